The number of ketones is 1. The van der Waals surface area contributed by atoms with Crippen molar-refractivity contribution in [2.45, 2.75) is 160 Å². The van der Waals surface area contributed by atoms with Crippen LogP contribution in [0.1, 0.15) is 93.6 Å². The minimum atomic E-state index is -3.15. The van der Waals surface area contributed by atoms with Gasteiger partial charge in [0.05, 0.1) is 29.4 Å². The number of Topliss-reactive ketones (excluding diaryl/α,β-unsaturated/α-hetero) is 1. The summed E-state index contributed by atoms with van der Waals surface area (Å²) in [6.45, 7) is 16.3. The van der Waals surface area contributed by atoms with Crippen molar-refractivity contribution in [1.82, 2.24) is 19.9 Å². The van der Waals surface area contributed by atoms with Crippen LogP contribution in [0.15, 0.2) is 36.5 Å². The number of hydrogen-bond donors (Lipinski definition) is 2. The van der Waals surface area contributed by atoms with E-state index in [4.69, 9.17) is 29.4 Å². The number of fused-ring (bicyclic) bond motifs is 2. The highest BCUT2D eigenvalue weighted by atomic mass is 19.1. The first-order valence-electron chi connectivity index (χ1n) is 21.7. The number of carbonyl (C=O) groups is 3. The molecule has 3 aliphatic rings. The highest BCUT2D eigenvalue weighted by Crippen LogP contribution is 2.45. The lowest BCUT2D eigenvalue weighted by Crippen LogP contribution is -2.64. The molecule has 3 aliphatic heterocycles. The molecule has 15 heteroatoms. The Hall–Kier alpha value is -3.31. The summed E-state index contributed by atoms with van der Waals surface area (Å²) < 4.78 is 48.2. The van der Waals surface area contributed by atoms with E-state index >= 15 is 4.39 Å². The smallest absolute Gasteiger partial charge is 0.425 e. The van der Waals surface area contributed by atoms with Gasteiger partial charge in [0, 0.05) is 49.8 Å². The van der Waals surface area contributed by atoms with Gasteiger partial charge in [0.15, 0.2) is 17.7 Å². The Morgan fingerprint density at radius 1 is 1.07 bits per heavy atom. The van der Waals surface area contributed by atoms with E-state index < -0.39 is 83.2 Å². The number of aliphatic hydroxyl groups is 1. The van der Waals surface area contributed by atoms with Gasteiger partial charge in [-0.2, -0.15) is 0 Å². The molecule has 2 unspecified atom stereocenters. The normalized spacial score (nSPS) is 38.5. The molecule has 0 aliphatic carbocycles. The number of methoxy groups -OCH3 is 1. The van der Waals surface area contributed by atoms with Crippen molar-refractivity contribution in [1.29, 1.82) is 0 Å². The maximum Gasteiger partial charge on any atom is 0.425 e. The van der Waals surface area contributed by atoms with Gasteiger partial charge in [0.25, 0.3) is 5.67 Å². The second-order valence-corrected chi connectivity index (χ2v) is 18.2. The van der Waals surface area contributed by atoms with Crippen molar-refractivity contribution in [3.8, 4) is 0 Å². The first-order chi connectivity index (χ1) is 28.2. The summed E-state index contributed by atoms with van der Waals surface area (Å²) in [6, 6.07) is 8.32. The number of benzene rings is 1. The number of aliphatic hydroxyl groups excluding tert-OH is 1. The van der Waals surface area contributed by atoms with Crippen molar-refractivity contribution >= 4 is 28.7 Å². The summed E-state index contributed by atoms with van der Waals surface area (Å²) >= 11 is 0. The molecule has 1 amide bonds. The molecule has 3 N–H and O–H groups in total. The molecule has 1 aromatic carbocycles. The number of aromatic nitrogens is 1. The lowest BCUT2D eigenvalue weighted by molar-refractivity contribution is -0.296. The highest BCUT2D eigenvalue weighted by molar-refractivity contribution is 6.07. The molecule has 1 aromatic heterocycles. The maximum absolute atomic E-state index is 17.0. The van der Waals surface area contributed by atoms with Crippen LogP contribution in [0.3, 0.4) is 0 Å². The molecule has 2 aromatic rings. The number of ether oxygens (including phenoxy) is 5. The van der Waals surface area contributed by atoms with Crippen LogP contribution in [0.25, 0.3) is 10.9 Å². The fourth-order valence-corrected chi connectivity index (χ4v) is 10.1. The minimum Gasteiger partial charge on any atom is -0.455 e. The molecule has 14 nitrogen and oxygen atoms in total. The standard InChI is InChI=1S/C45H70FN5O9/c1-13-34-45(9)37(51(42(55)60-45)50(14-2)23-17-19-30-18-15-21-32-31(30)20-16-22-48-32)28(5)35(47)26(3)25-43(7,56-12)39(29(6)38(53)44(8,46)41(54)58-34)59-40-36(52)33(49(10)11)24-27(4)57-40/h15-16,18,20-22,26-29,33-37,39-40,52H,13-14,17,19,23-25,47H2,1-12H3/t26-,27-,28+,29+,33+,34-,35?,36-,37-,39-,40+,43+,44?,45-/m1/s1. The van der Waals surface area contributed by atoms with E-state index in [0.717, 1.165) is 29.8 Å². The predicted octanol–water partition coefficient (Wildman–Crippen LogP) is 5.46. The molecule has 0 spiro atoms. The number of rotatable bonds is 11. The number of cyclic esters (lactones) is 1. The number of carbonyl (C=O) groups excluding carboxylic acids is 3. The zero-order chi connectivity index (χ0) is 44.5. The summed E-state index contributed by atoms with van der Waals surface area (Å²) in [5.74, 6) is -4.62. The van der Waals surface area contributed by atoms with Gasteiger partial charge in [-0.05, 0) is 103 Å². The van der Waals surface area contributed by atoms with Crippen LogP contribution in [0.2, 0.25) is 0 Å². The largest absolute Gasteiger partial charge is 0.455 e. The Kier molecular flexibility index (Phi) is 15.1. The van der Waals surface area contributed by atoms with Crippen LogP contribution in [0.5, 0.6) is 0 Å². The van der Waals surface area contributed by atoms with Gasteiger partial charge in [0.1, 0.15) is 12.2 Å². The number of nitrogens with two attached hydrogens (primary N) is 1. The zero-order valence-electron chi connectivity index (χ0n) is 37.7. The van der Waals surface area contributed by atoms with Gasteiger partial charge in [0.2, 0.25) is 0 Å². The number of hydrazine groups is 1. The van der Waals surface area contributed by atoms with Crippen molar-refractivity contribution in [3.63, 3.8) is 0 Å². The summed E-state index contributed by atoms with van der Waals surface area (Å²) in [7, 11) is 5.18. The van der Waals surface area contributed by atoms with E-state index in [-0.39, 0.29) is 30.9 Å². The number of pyridine rings is 1. The van der Waals surface area contributed by atoms with Crippen LogP contribution in [0, 0.1) is 17.8 Å². The van der Waals surface area contributed by atoms with Crippen LogP contribution < -0.4 is 5.73 Å². The van der Waals surface area contributed by atoms with Gasteiger partial charge in [-0.15, -0.1) is 0 Å². The van der Waals surface area contributed by atoms with Gasteiger partial charge in [-0.1, -0.05) is 52.8 Å². The third kappa shape index (κ3) is 9.23. The zero-order valence-corrected chi connectivity index (χ0v) is 37.7. The highest BCUT2D eigenvalue weighted by Gasteiger charge is 2.62. The summed E-state index contributed by atoms with van der Waals surface area (Å²) in [5.41, 5.74) is 3.35. The molecule has 3 fully saturated rings. The first kappa shape index (κ1) is 47.7. The number of nitrogens with zero attached hydrogens (tertiary/aromatic N) is 4. The second-order valence-electron chi connectivity index (χ2n) is 18.2. The molecule has 0 saturated carbocycles. The number of halogens is 1. The Balaban J connectivity index is 1.53. The minimum absolute atomic E-state index is 0.147. The number of amides is 1. The van der Waals surface area contributed by atoms with E-state index in [1.54, 1.807) is 32.0 Å². The molecule has 60 heavy (non-hydrogen) atoms. The third-order valence-electron chi connectivity index (χ3n) is 13.7. The van der Waals surface area contributed by atoms with Crippen LogP contribution in [0.4, 0.5) is 9.18 Å². The van der Waals surface area contributed by atoms with Crippen molar-refractivity contribution in [2.24, 2.45) is 23.5 Å². The lowest BCUT2D eigenvalue weighted by Gasteiger charge is -2.48. The number of esters is 1. The molecule has 4 heterocycles. The molecule has 336 valence electrons. The van der Waals surface area contributed by atoms with Gasteiger partial charge in [-0.3, -0.25) is 9.78 Å². The molecule has 0 bridgehead atoms. The predicted molar refractivity (Wildman–Crippen MR) is 225 cm³/mol. The molecule has 5 rings (SSSR count). The van der Waals surface area contributed by atoms with Crippen LogP contribution in [-0.2, 0) is 39.7 Å². The monoisotopic (exact) mass is 844 g/mol. The van der Waals surface area contributed by atoms with Gasteiger partial charge in [-0.25, -0.2) is 24.0 Å². The summed E-state index contributed by atoms with van der Waals surface area (Å²) in [4.78, 5) is 49.1. The van der Waals surface area contributed by atoms with Crippen molar-refractivity contribution < 1.29 is 47.6 Å². The van der Waals surface area contributed by atoms with E-state index in [1.165, 1.54) is 14.0 Å². The Morgan fingerprint density at radius 2 is 1.77 bits per heavy atom. The average Bonchev–Trinajstić information content (AvgIpc) is 3.49. The van der Waals surface area contributed by atoms with Crippen molar-refractivity contribution in [3.05, 3.63) is 42.1 Å². The van der Waals surface area contributed by atoms with E-state index in [0.29, 0.717) is 25.9 Å². The Morgan fingerprint density at radius 3 is 2.40 bits per heavy atom. The topological polar surface area (TPSA) is 166 Å². The Labute approximate surface area is 355 Å². The van der Waals surface area contributed by atoms with Crippen LogP contribution >= 0.6 is 0 Å². The first-order valence-corrected chi connectivity index (χ1v) is 21.7. The SMILES string of the molecule is CC[C@H]1OC(=O)C(C)(F)C(=O)[C@H](C)[C@@H](O[C@@H]2O[C@H](C)C[C@H](N(C)C)[C@H]2O)[C@@](C)(OC)C[C@@H](C)C(N)[C@H](C)[C@H]2N(N(CC)CCCc3cccc4ncccc34)C(=O)O[C@]12C. The van der Waals surface area contributed by atoms with E-state index in [2.05, 4.69) is 17.1 Å². The lowest BCUT2D eigenvalue weighted by atomic mass is 9.72. The Bertz CT molecular complexity index is 1810. The second kappa shape index (κ2) is 19.0. The summed E-state index contributed by atoms with van der Waals surface area (Å²) in [5, 5.41) is 16.1. The summed E-state index contributed by atoms with van der Waals surface area (Å²) in [6.07, 6.45) is -1.54. The maximum atomic E-state index is 17.0. The van der Waals surface area contributed by atoms with Crippen LogP contribution in [-0.4, -0.2) is 143 Å². The molecule has 0 radical (unpaired) electrons. The van der Waals surface area contributed by atoms with Gasteiger partial charge < -0.3 is 39.4 Å². The quantitative estimate of drug-likeness (QED) is 0.217. The molecular formula is C45H70FN5O9. The molecule has 14 atom stereocenters. The number of aryl methyl sites for hydroxylation is 1. The fraction of sp³-hybridized carbons (Fsp3) is 0.733. The fourth-order valence-electron chi connectivity index (χ4n) is 10.1. The molecule has 3 saturated heterocycles. The van der Waals surface area contributed by atoms with E-state index in [1.807, 2.05) is 69.9 Å². The number of likely N-dealkylation sites (N-methyl/N-ethyl adjacent to an activating group) is 1. The number of hydrogen-bond acceptors (Lipinski definition) is 13. The number of alkyl halides is 1. The average molecular weight is 844 g/mol. The molecular weight excluding hydrogens is 774 g/mol. The third-order valence-corrected chi connectivity index (χ3v) is 13.7. The van der Waals surface area contributed by atoms with Gasteiger partial charge >= 0.3 is 12.1 Å². The van der Waals surface area contributed by atoms with E-state index in [9.17, 15) is 19.5 Å². The van der Waals surface area contributed by atoms with Crippen molar-refractivity contribution in [2.75, 3.05) is 34.3 Å².